The molecule has 186 valence electrons. The molecule has 9 nitrogen and oxygen atoms in total. The van der Waals surface area contributed by atoms with E-state index in [0.717, 1.165) is 24.2 Å². The Morgan fingerprint density at radius 3 is 2.43 bits per heavy atom. The molecule has 0 aliphatic carbocycles. The number of carbonyl (C=O) groups is 3. The van der Waals surface area contributed by atoms with E-state index in [1.807, 2.05) is 55.6 Å². The van der Waals surface area contributed by atoms with Crippen LogP contribution in [0.2, 0.25) is 0 Å². The second-order valence-electron chi connectivity index (χ2n) is 9.00. The van der Waals surface area contributed by atoms with Crippen LogP contribution in [0.3, 0.4) is 0 Å². The zero-order chi connectivity index (χ0) is 24.8. The first-order valence-corrected chi connectivity index (χ1v) is 11.9. The number of amides is 3. The Bertz CT molecular complexity index is 1040. The Labute approximate surface area is 205 Å². The number of nitrogens with one attached hydrogen (secondary N) is 2. The number of benzene rings is 2. The van der Waals surface area contributed by atoms with Crippen molar-refractivity contribution in [3.63, 3.8) is 0 Å². The van der Waals surface area contributed by atoms with Gasteiger partial charge in [-0.1, -0.05) is 48.5 Å². The van der Waals surface area contributed by atoms with Crippen molar-refractivity contribution in [2.24, 2.45) is 0 Å². The highest BCUT2D eigenvalue weighted by molar-refractivity contribution is 5.87. The molecule has 0 aromatic heterocycles. The summed E-state index contributed by atoms with van der Waals surface area (Å²) in [5.74, 6) is -0.243. The summed E-state index contributed by atoms with van der Waals surface area (Å²) in [5.41, 5.74) is 1.83. The van der Waals surface area contributed by atoms with Gasteiger partial charge in [0.25, 0.3) is 6.29 Å². The van der Waals surface area contributed by atoms with Gasteiger partial charge in [0.2, 0.25) is 5.91 Å². The minimum absolute atomic E-state index is 0.268. The van der Waals surface area contributed by atoms with E-state index in [2.05, 4.69) is 15.5 Å². The van der Waals surface area contributed by atoms with E-state index in [1.165, 1.54) is 6.92 Å². The van der Waals surface area contributed by atoms with Crippen LogP contribution in [-0.2, 0) is 27.2 Å². The van der Waals surface area contributed by atoms with Crippen LogP contribution in [0.15, 0.2) is 54.6 Å². The third-order valence-electron chi connectivity index (χ3n) is 6.28. The zero-order valence-corrected chi connectivity index (χ0v) is 20.1. The van der Waals surface area contributed by atoms with E-state index in [4.69, 9.17) is 9.47 Å². The van der Waals surface area contributed by atoms with Crippen molar-refractivity contribution in [1.29, 1.82) is 0 Å². The lowest BCUT2D eigenvalue weighted by molar-refractivity contribution is -0.168. The molecule has 3 amide bonds. The molecule has 4 rings (SSSR count). The minimum atomic E-state index is -0.961. The normalized spacial score (nSPS) is 20.7. The molecule has 1 fully saturated rings. The Balaban J connectivity index is 1.50. The van der Waals surface area contributed by atoms with Crippen molar-refractivity contribution >= 4 is 17.9 Å². The number of likely N-dealkylation sites (N-methyl/N-ethyl adjacent to an activating group) is 1. The summed E-state index contributed by atoms with van der Waals surface area (Å²) in [4.78, 5) is 42.1. The first kappa shape index (κ1) is 24.5. The Morgan fingerprint density at radius 2 is 1.71 bits per heavy atom. The highest BCUT2D eigenvalue weighted by Crippen LogP contribution is 2.28. The van der Waals surface area contributed by atoms with Gasteiger partial charge in [0, 0.05) is 45.9 Å². The lowest BCUT2D eigenvalue weighted by atomic mass is 10.00. The molecule has 2 aromatic carbocycles. The van der Waals surface area contributed by atoms with E-state index < -0.39 is 24.3 Å². The van der Waals surface area contributed by atoms with Crippen LogP contribution in [0.25, 0.3) is 0 Å². The molecular weight excluding hydrogens is 448 g/mol. The maximum absolute atomic E-state index is 13.5. The van der Waals surface area contributed by atoms with Gasteiger partial charge >= 0.3 is 12.0 Å². The van der Waals surface area contributed by atoms with Crippen molar-refractivity contribution in [3.8, 4) is 5.75 Å². The average molecular weight is 481 g/mol. The minimum Gasteiger partial charge on any atom is -0.452 e. The van der Waals surface area contributed by atoms with Gasteiger partial charge in [0.15, 0.2) is 0 Å². The predicted octanol–water partition coefficient (Wildman–Crippen LogP) is 1.56. The van der Waals surface area contributed by atoms with Crippen molar-refractivity contribution in [3.05, 3.63) is 65.7 Å². The molecule has 35 heavy (non-hydrogen) atoms. The number of rotatable bonds is 6. The summed E-state index contributed by atoms with van der Waals surface area (Å²) >= 11 is 0. The Morgan fingerprint density at radius 1 is 1.03 bits per heavy atom. The van der Waals surface area contributed by atoms with Gasteiger partial charge < -0.3 is 29.9 Å². The molecule has 1 saturated heterocycles. The van der Waals surface area contributed by atoms with Crippen LogP contribution in [0.4, 0.5) is 4.79 Å². The van der Waals surface area contributed by atoms with Crippen molar-refractivity contribution in [2.75, 3.05) is 33.2 Å². The number of ether oxygens (including phenoxy) is 2. The van der Waals surface area contributed by atoms with Gasteiger partial charge in [-0.3, -0.25) is 9.59 Å². The number of esters is 1. The van der Waals surface area contributed by atoms with Crippen LogP contribution in [-0.4, -0.2) is 79.3 Å². The van der Waals surface area contributed by atoms with Gasteiger partial charge in [-0.2, -0.15) is 0 Å². The SMILES string of the molecule is CC(=O)OC1Oc2ccccc2C[C@@H]1NC(=O)[C@H](Cc1ccccc1)NC(=O)N1CCN(C)CC1. The molecule has 2 heterocycles. The van der Waals surface area contributed by atoms with E-state index in [-0.39, 0.29) is 11.9 Å². The van der Waals surface area contributed by atoms with E-state index in [9.17, 15) is 14.4 Å². The second kappa shape index (κ2) is 11.2. The van der Waals surface area contributed by atoms with Crippen LogP contribution < -0.4 is 15.4 Å². The number of nitrogens with zero attached hydrogens (tertiary/aromatic N) is 2. The Kier molecular flexibility index (Phi) is 7.87. The monoisotopic (exact) mass is 480 g/mol. The lowest BCUT2D eigenvalue weighted by Crippen LogP contribution is -2.59. The molecular formula is C26H32N4O5. The van der Waals surface area contributed by atoms with Gasteiger partial charge in [-0.25, -0.2) is 4.79 Å². The number of para-hydroxylation sites is 1. The lowest BCUT2D eigenvalue weighted by Gasteiger charge is -2.35. The maximum atomic E-state index is 13.5. The predicted molar refractivity (Wildman–Crippen MR) is 130 cm³/mol. The first-order valence-electron chi connectivity index (χ1n) is 11.9. The van der Waals surface area contributed by atoms with Gasteiger partial charge in [-0.05, 0) is 24.2 Å². The molecule has 2 aliphatic rings. The van der Waals surface area contributed by atoms with Crippen LogP contribution in [0.5, 0.6) is 5.75 Å². The summed E-state index contributed by atoms with van der Waals surface area (Å²) < 4.78 is 11.3. The fraction of sp³-hybridized carbons (Fsp3) is 0.423. The Hall–Kier alpha value is -3.59. The summed E-state index contributed by atoms with van der Waals surface area (Å²) in [6.07, 6.45) is -0.198. The van der Waals surface area contributed by atoms with E-state index in [1.54, 1.807) is 11.0 Å². The van der Waals surface area contributed by atoms with Crippen LogP contribution in [0, 0.1) is 0 Å². The highest BCUT2D eigenvalue weighted by Gasteiger charge is 2.35. The molecule has 2 aromatic rings. The maximum Gasteiger partial charge on any atom is 0.318 e. The number of carbonyl (C=O) groups excluding carboxylic acids is 3. The highest BCUT2D eigenvalue weighted by atomic mass is 16.7. The largest absolute Gasteiger partial charge is 0.452 e. The number of fused-ring (bicyclic) bond motifs is 1. The average Bonchev–Trinajstić information content (AvgIpc) is 2.84. The smallest absolute Gasteiger partial charge is 0.318 e. The molecule has 0 spiro atoms. The molecule has 0 bridgehead atoms. The van der Waals surface area contributed by atoms with E-state index >= 15 is 0 Å². The van der Waals surface area contributed by atoms with Crippen molar-refractivity contribution < 1.29 is 23.9 Å². The second-order valence-corrected chi connectivity index (χ2v) is 9.00. The van der Waals surface area contributed by atoms with E-state index in [0.29, 0.717) is 31.7 Å². The van der Waals surface area contributed by atoms with Gasteiger partial charge in [-0.15, -0.1) is 0 Å². The molecule has 9 heteroatoms. The topological polar surface area (TPSA) is 100 Å². The third kappa shape index (κ3) is 6.51. The molecule has 0 radical (unpaired) electrons. The van der Waals surface area contributed by atoms with Crippen molar-refractivity contribution in [1.82, 2.24) is 20.4 Å². The summed E-state index contributed by atoms with van der Waals surface area (Å²) in [7, 11) is 2.02. The number of piperazine rings is 1. The van der Waals surface area contributed by atoms with Crippen molar-refractivity contribution in [2.45, 2.75) is 38.1 Å². The fourth-order valence-electron chi connectivity index (χ4n) is 4.31. The summed E-state index contributed by atoms with van der Waals surface area (Å²) in [5, 5.41) is 5.89. The molecule has 1 unspecified atom stereocenters. The molecule has 3 atom stereocenters. The van der Waals surface area contributed by atoms with Gasteiger partial charge in [0.1, 0.15) is 17.8 Å². The quantitative estimate of drug-likeness (QED) is 0.609. The van der Waals surface area contributed by atoms with Gasteiger partial charge in [0.05, 0.1) is 0 Å². The van der Waals surface area contributed by atoms with Crippen LogP contribution >= 0.6 is 0 Å². The fourth-order valence-corrected chi connectivity index (χ4v) is 4.31. The summed E-state index contributed by atoms with van der Waals surface area (Å²) in [6, 6.07) is 15.3. The number of hydrogen-bond donors (Lipinski definition) is 2. The summed E-state index contributed by atoms with van der Waals surface area (Å²) in [6.45, 7) is 4.07. The number of urea groups is 1. The standard InChI is InChI=1S/C26H32N4O5/c1-18(31)34-25-22(17-20-10-6-7-11-23(20)35-25)27-24(32)21(16-19-8-4-3-5-9-19)28-26(33)30-14-12-29(2)13-15-30/h3-11,21-22,25H,12-17H2,1-2H3,(H,27,32)(H,28,33)/t21-,22-,25?/m0/s1. The first-order chi connectivity index (χ1) is 16.9. The molecule has 0 saturated carbocycles. The zero-order valence-electron chi connectivity index (χ0n) is 20.1. The number of hydrogen-bond acceptors (Lipinski definition) is 6. The van der Waals surface area contributed by atoms with Crippen LogP contribution in [0.1, 0.15) is 18.1 Å². The molecule has 2 N–H and O–H groups in total. The third-order valence-corrected chi connectivity index (χ3v) is 6.28. The molecule has 2 aliphatic heterocycles.